The summed E-state index contributed by atoms with van der Waals surface area (Å²) in [5.74, 6) is 0.336. The number of carbonyl (C=O) groups excluding carboxylic acids is 1. The van der Waals surface area contributed by atoms with Gasteiger partial charge < -0.3 is 5.32 Å². The predicted octanol–water partition coefficient (Wildman–Crippen LogP) is 4.71. The molecule has 0 spiro atoms. The zero-order chi connectivity index (χ0) is 16.5. The summed E-state index contributed by atoms with van der Waals surface area (Å²) in [4.78, 5) is 12.4. The van der Waals surface area contributed by atoms with Gasteiger partial charge in [-0.25, -0.2) is 0 Å². The number of anilines is 1. The lowest BCUT2D eigenvalue weighted by Gasteiger charge is -2.02. The first kappa shape index (κ1) is 15.5. The molecular formula is C18H14BrN3OS. The number of hydrogen-bond donors (Lipinski definition) is 1. The molecule has 2 aromatic carbocycles. The van der Waals surface area contributed by atoms with E-state index in [9.17, 15) is 4.79 Å². The van der Waals surface area contributed by atoms with Crippen LogP contribution in [0.25, 0.3) is 10.6 Å². The van der Waals surface area contributed by atoms with Crippen LogP contribution in [0, 0.1) is 5.92 Å². The maximum atomic E-state index is 12.4. The molecule has 1 aliphatic carbocycles. The number of hydrogen-bond acceptors (Lipinski definition) is 4. The second-order valence-electron chi connectivity index (χ2n) is 5.77. The van der Waals surface area contributed by atoms with Gasteiger partial charge in [0.25, 0.3) is 0 Å². The van der Waals surface area contributed by atoms with E-state index in [1.807, 2.05) is 42.5 Å². The molecule has 2 unspecified atom stereocenters. The summed E-state index contributed by atoms with van der Waals surface area (Å²) in [7, 11) is 0. The van der Waals surface area contributed by atoms with Crippen LogP contribution in [-0.4, -0.2) is 16.1 Å². The van der Waals surface area contributed by atoms with E-state index in [2.05, 4.69) is 43.6 Å². The molecular weight excluding hydrogens is 386 g/mol. The van der Waals surface area contributed by atoms with Crippen LogP contribution in [0.4, 0.5) is 5.13 Å². The van der Waals surface area contributed by atoms with Gasteiger partial charge in [0.2, 0.25) is 11.0 Å². The summed E-state index contributed by atoms with van der Waals surface area (Å²) in [6.45, 7) is 0. The number of nitrogens with zero attached hydrogens (tertiary/aromatic N) is 2. The van der Waals surface area contributed by atoms with Crippen LogP contribution in [0.1, 0.15) is 17.9 Å². The van der Waals surface area contributed by atoms with Gasteiger partial charge >= 0.3 is 0 Å². The maximum Gasteiger partial charge on any atom is 0.229 e. The largest absolute Gasteiger partial charge is 0.300 e. The quantitative estimate of drug-likeness (QED) is 0.690. The van der Waals surface area contributed by atoms with E-state index in [1.165, 1.54) is 16.9 Å². The van der Waals surface area contributed by atoms with Gasteiger partial charge in [0.15, 0.2) is 0 Å². The van der Waals surface area contributed by atoms with Crippen molar-refractivity contribution in [3.63, 3.8) is 0 Å². The second-order valence-corrected chi connectivity index (χ2v) is 7.66. The van der Waals surface area contributed by atoms with E-state index in [1.54, 1.807) is 0 Å². The van der Waals surface area contributed by atoms with Crippen molar-refractivity contribution >= 4 is 38.3 Å². The van der Waals surface area contributed by atoms with E-state index in [0.29, 0.717) is 11.0 Å². The summed E-state index contributed by atoms with van der Waals surface area (Å²) in [5.41, 5.74) is 2.21. The number of aromatic nitrogens is 2. The zero-order valence-corrected chi connectivity index (χ0v) is 15.0. The summed E-state index contributed by atoms with van der Waals surface area (Å²) < 4.78 is 1.04. The molecule has 1 heterocycles. The fourth-order valence-electron chi connectivity index (χ4n) is 2.76. The van der Waals surface area contributed by atoms with Crippen LogP contribution < -0.4 is 5.32 Å². The fourth-order valence-corrected chi connectivity index (χ4v) is 3.93. The number of amides is 1. The van der Waals surface area contributed by atoms with Crippen molar-refractivity contribution in [2.45, 2.75) is 12.3 Å². The van der Waals surface area contributed by atoms with Gasteiger partial charge in [-0.05, 0) is 30.0 Å². The van der Waals surface area contributed by atoms with Crippen LogP contribution in [0.15, 0.2) is 59.1 Å². The predicted molar refractivity (Wildman–Crippen MR) is 99.0 cm³/mol. The zero-order valence-electron chi connectivity index (χ0n) is 12.6. The molecule has 24 heavy (non-hydrogen) atoms. The SMILES string of the molecule is O=C(Nc1nnc(-c2ccccc2)s1)C1CC1c1cccc(Br)c1. The van der Waals surface area contributed by atoms with Gasteiger partial charge in [-0.3, -0.25) is 4.79 Å². The minimum absolute atomic E-state index is 0.0170. The molecule has 1 amide bonds. The number of nitrogens with one attached hydrogen (secondary N) is 1. The van der Waals surface area contributed by atoms with Gasteiger partial charge in [-0.1, -0.05) is 69.7 Å². The molecule has 0 bridgehead atoms. The summed E-state index contributed by atoms with van der Waals surface area (Å²) >= 11 is 4.87. The van der Waals surface area contributed by atoms with Crippen LogP contribution in [0.3, 0.4) is 0 Å². The standard InChI is InChI=1S/C18H14BrN3OS/c19-13-8-4-7-12(9-13)14-10-15(14)16(23)20-18-22-21-17(24-18)11-5-2-1-3-6-11/h1-9,14-15H,10H2,(H,20,22,23). The number of halogens is 1. The molecule has 6 heteroatoms. The van der Waals surface area contributed by atoms with Crippen LogP contribution in [0.2, 0.25) is 0 Å². The molecule has 1 aliphatic rings. The van der Waals surface area contributed by atoms with Crippen molar-refractivity contribution in [1.29, 1.82) is 0 Å². The average molecular weight is 400 g/mol. The Bertz CT molecular complexity index is 881. The summed E-state index contributed by atoms with van der Waals surface area (Å²) in [6, 6.07) is 18.0. The van der Waals surface area contributed by atoms with Gasteiger partial charge in [-0.2, -0.15) is 0 Å². The molecule has 4 nitrogen and oxygen atoms in total. The van der Waals surface area contributed by atoms with E-state index in [4.69, 9.17) is 0 Å². The smallest absolute Gasteiger partial charge is 0.229 e. The third-order valence-corrected chi connectivity index (χ3v) is 5.46. The lowest BCUT2D eigenvalue weighted by Crippen LogP contribution is -2.14. The molecule has 2 atom stereocenters. The molecule has 120 valence electrons. The van der Waals surface area contributed by atoms with Crippen molar-refractivity contribution in [2.24, 2.45) is 5.92 Å². The Balaban J connectivity index is 1.42. The first-order valence-electron chi connectivity index (χ1n) is 7.66. The Morgan fingerprint density at radius 1 is 1.12 bits per heavy atom. The number of carbonyl (C=O) groups is 1. The maximum absolute atomic E-state index is 12.4. The highest BCUT2D eigenvalue weighted by Crippen LogP contribution is 2.48. The molecule has 0 radical (unpaired) electrons. The Labute approximate surface area is 152 Å². The van der Waals surface area contributed by atoms with Crippen LogP contribution in [0.5, 0.6) is 0 Å². The molecule has 1 aromatic heterocycles. The van der Waals surface area contributed by atoms with E-state index < -0.39 is 0 Å². The summed E-state index contributed by atoms with van der Waals surface area (Å²) in [5, 5.41) is 12.5. The molecule has 4 rings (SSSR count). The minimum atomic E-state index is 0.0170. The van der Waals surface area contributed by atoms with Gasteiger partial charge in [0.1, 0.15) is 5.01 Å². The second kappa shape index (κ2) is 6.45. The van der Waals surface area contributed by atoms with Crippen molar-refractivity contribution in [3.8, 4) is 10.6 Å². The molecule has 1 N–H and O–H groups in total. The Kier molecular flexibility index (Phi) is 4.16. The van der Waals surface area contributed by atoms with Gasteiger partial charge in [0, 0.05) is 16.0 Å². The molecule has 0 aliphatic heterocycles. The fraction of sp³-hybridized carbons (Fsp3) is 0.167. The van der Waals surface area contributed by atoms with E-state index in [0.717, 1.165) is 21.5 Å². The highest BCUT2D eigenvalue weighted by atomic mass is 79.9. The third-order valence-electron chi connectivity index (χ3n) is 4.08. The summed E-state index contributed by atoms with van der Waals surface area (Å²) in [6.07, 6.45) is 0.882. The van der Waals surface area contributed by atoms with Crippen molar-refractivity contribution in [1.82, 2.24) is 10.2 Å². The molecule has 1 fully saturated rings. The first-order valence-corrected chi connectivity index (χ1v) is 9.27. The molecule has 3 aromatic rings. The van der Waals surface area contributed by atoms with Gasteiger partial charge in [0.05, 0.1) is 0 Å². The number of benzene rings is 2. The minimum Gasteiger partial charge on any atom is -0.300 e. The Morgan fingerprint density at radius 2 is 1.96 bits per heavy atom. The number of rotatable bonds is 4. The van der Waals surface area contributed by atoms with Crippen molar-refractivity contribution in [2.75, 3.05) is 5.32 Å². The lowest BCUT2D eigenvalue weighted by atomic mass is 10.1. The van der Waals surface area contributed by atoms with Crippen molar-refractivity contribution < 1.29 is 4.79 Å². The van der Waals surface area contributed by atoms with Crippen molar-refractivity contribution in [3.05, 3.63) is 64.6 Å². The third kappa shape index (κ3) is 3.25. The van der Waals surface area contributed by atoms with Crippen LogP contribution in [-0.2, 0) is 4.79 Å². The Morgan fingerprint density at radius 3 is 2.75 bits per heavy atom. The van der Waals surface area contributed by atoms with Gasteiger partial charge in [-0.15, -0.1) is 10.2 Å². The van der Waals surface area contributed by atoms with Crippen LogP contribution >= 0.6 is 27.3 Å². The topological polar surface area (TPSA) is 54.9 Å². The highest BCUT2D eigenvalue weighted by molar-refractivity contribution is 9.10. The molecule has 1 saturated carbocycles. The average Bonchev–Trinajstić information content (AvgIpc) is 3.28. The monoisotopic (exact) mass is 399 g/mol. The molecule has 0 saturated heterocycles. The van der Waals surface area contributed by atoms with E-state index in [-0.39, 0.29) is 11.8 Å². The normalized spacial score (nSPS) is 19.0. The Hall–Kier alpha value is -2.05. The van der Waals surface area contributed by atoms with E-state index >= 15 is 0 Å². The highest BCUT2D eigenvalue weighted by Gasteiger charge is 2.44. The lowest BCUT2D eigenvalue weighted by molar-refractivity contribution is -0.117. The first-order chi connectivity index (χ1) is 11.7.